The van der Waals surface area contributed by atoms with Crippen molar-refractivity contribution in [2.75, 3.05) is 31.6 Å². The number of para-hydroxylation sites is 1. The molecule has 0 saturated carbocycles. The number of allylic oxidation sites excluding steroid dienone is 1. The van der Waals surface area contributed by atoms with Gasteiger partial charge >= 0.3 is 0 Å². The maximum absolute atomic E-state index is 9.90. The van der Waals surface area contributed by atoms with Gasteiger partial charge in [0.2, 0.25) is 0 Å². The number of nitrogens with zero attached hydrogens (tertiary/aromatic N) is 1. The molecule has 0 bridgehead atoms. The van der Waals surface area contributed by atoms with E-state index in [0.717, 1.165) is 44.6 Å². The summed E-state index contributed by atoms with van der Waals surface area (Å²) in [6.07, 6.45) is 11.7. The summed E-state index contributed by atoms with van der Waals surface area (Å²) in [7, 11) is 0. The second-order valence-corrected chi connectivity index (χ2v) is 10.9. The van der Waals surface area contributed by atoms with Crippen LogP contribution in [0.2, 0.25) is 0 Å². The molecule has 1 heterocycles. The average molecular weight is 511 g/mol. The van der Waals surface area contributed by atoms with Crippen LogP contribution in [-0.2, 0) is 12.8 Å². The molecule has 1 aliphatic heterocycles. The molecule has 0 spiro atoms. The molecule has 3 aromatic carbocycles. The van der Waals surface area contributed by atoms with E-state index in [2.05, 4.69) is 71.7 Å². The molecule has 5 rings (SSSR count). The first-order valence-electron chi connectivity index (χ1n) is 14.5. The number of hydrogen-bond donors (Lipinski definition) is 2. The van der Waals surface area contributed by atoms with Gasteiger partial charge in [0.15, 0.2) is 0 Å². The fraction of sp³-hybridized carbons (Fsp3) is 0.412. The van der Waals surface area contributed by atoms with Crippen molar-refractivity contribution in [2.24, 2.45) is 0 Å². The minimum atomic E-state index is 0.293. The van der Waals surface area contributed by atoms with Crippen molar-refractivity contribution in [2.45, 2.75) is 64.3 Å². The van der Waals surface area contributed by atoms with Crippen LogP contribution < -0.4 is 10.1 Å². The van der Waals surface area contributed by atoms with Crippen molar-refractivity contribution in [3.63, 3.8) is 0 Å². The summed E-state index contributed by atoms with van der Waals surface area (Å²) in [6.45, 7) is 6.46. The van der Waals surface area contributed by atoms with Gasteiger partial charge in [0.1, 0.15) is 18.1 Å². The van der Waals surface area contributed by atoms with E-state index in [9.17, 15) is 5.11 Å². The van der Waals surface area contributed by atoms with Crippen LogP contribution in [0.25, 0.3) is 11.6 Å². The summed E-state index contributed by atoms with van der Waals surface area (Å²) >= 11 is 0. The van der Waals surface area contributed by atoms with Gasteiger partial charge in [-0.15, -0.1) is 0 Å². The molecule has 1 aliphatic carbocycles. The van der Waals surface area contributed by atoms with Crippen molar-refractivity contribution in [1.29, 1.82) is 0 Å². The number of aryl methyl sites for hydroxylation is 1. The molecular formula is C34H42N2O2. The number of likely N-dealkylation sites (tertiary alicyclic amines) is 1. The zero-order chi connectivity index (χ0) is 26.2. The standard InChI is InChI=1S/C34H42N2O2/c1-26(23-27-13-17-32(18-14-27)38-22-21-36-19-6-2-3-7-20-36)35-34-12-5-4-11-33(34)30-10-8-9-28-25-31(37)16-15-29(28)24-30/h4-5,11-18,24-26,35,37H,2-3,6-10,19-23H2,1H3. The lowest BCUT2D eigenvalue weighted by atomic mass is 9.98. The Labute approximate surface area is 228 Å². The van der Waals surface area contributed by atoms with Gasteiger partial charge in [-0.05, 0) is 111 Å². The zero-order valence-electron chi connectivity index (χ0n) is 22.8. The summed E-state index contributed by atoms with van der Waals surface area (Å²) in [5.41, 5.74) is 7.56. The topological polar surface area (TPSA) is 44.7 Å². The summed E-state index contributed by atoms with van der Waals surface area (Å²) < 4.78 is 6.05. The first-order chi connectivity index (χ1) is 18.6. The van der Waals surface area contributed by atoms with Crippen molar-refractivity contribution in [1.82, 2.24) is 4.90 Å². The van der Waals surface area contributed by atoms with Crippen LogP contribution in [-0.4, -0.2) is 42.3 Å². The van der Waals surface area contributed by atoms with E-state index in [-0.39, 0.29) is 0 Å². The largest absolute Gasteiger partial charge is 0.508 e. The van der Waals surface area contributed by atoms with E-state index in [4.69, 9.17) is 4.74 Å². The second kappa shape index (κ2) is 13.0. The first-order valence-corrected chi connectivity index (χ1v) is 14.5. The molecule has 1 fully saturated rings. The van der Waals surface area contributed by atoms with Gasteiger partial charge in [0.25, 0.3) is 0 Å². The number of nitrogens with one attached hydrogen (secondary N) is 1. The summed E-state index contributed by atoms with van der Waals surface area (Å²) in [6, 6.07) is 23.3. The third-order valence-electron chi connectivity index (χ3n) is 7.86. The van der Waals surface area contributed by atoms with Crippen LogP contribution in [0.1, 0.15) is 67.7 Å². The number of ether oxygens (including phenoxy) is 1. The summed E-state index contributed by atoms with van der Waals surface area (Å²) in [5.74, 6) is 1.31. The van der Waals surface area contributed by atoms with E-state index in [1.807, 2.05) is 12.1 Å². The Kier molecular flexibility index (Phi) is 9.03. The van der Waals surface area contributed by atoms with Crippen LogP contribution in [0.3, 0.4) is 0 Å². The first kappa shape index (κ1) is 26.4. The third kappa shape index (κ3) is 7.20. The van der Waals surface area contributed by atoms with Crippen LogP contribution in [0.15, 0.2) is 66.7 Å². The van der Waals surface area contributed by atoms with Crippen LogP contribution in [0, 0.1) is 0 Å². The van der Waals surface area contributed by atoms with Gasteiger partial charge in [0.05, 0.1) is 0 Å². The molecule has 1 atom stereocenters. The molecule has 38 heavy (non-hydrogen) atoms. The molecule has 0 radical (unpaired) electrons. The minimum absolute atomic E-state index is 0.293. The lowest BCUT2D eigenvalue weighted by Crippen LogP contribution is -2.29. The van der Waals surface area contributed by atoms with Crippen LogP contribution >= 0.6 is 0 Å². The highest BCUT2D eigenvalue weighted by Crippen LogP contribution is 2.34. The van der Waals surface area contributed by atoms with E-state index < -0.39 is 0 Å². The predicted molar refractivity (Wildman–Crippen MR) is 159 cm³/mol. The molecule has 0 aromatic heterocycles. The number of rotatable bonds is 9. The maximum Gasteiger partial charge on any atom is 0.119 e. The number of hydrogen-bond acceptors (Lipinski definition) is 4. The Morgan fingerprint density at radius 1 is 0.895 bits per heavy atom. The van der Waals surface area contributed by atoms with Crippen molar-refractivity contribution in [3.8, 4) is 11.5 Å². The number of phenols is 1. The Morgan fingerprint density at radius 3 is 2.50 bits per heavy atom. The molecule has 4 nitrogen and oxygen atoms in total. The monoisotopic (exact) mass is 510 g/mol. The van der Waals surface area contributed by atoms with Crippen molar-refractivity contribution < 1.29 is 9.84 Å². The fourth-order valence-electron chi connectivity index (χ4n) is 5.82. The zero-order valence-corrected chi connectivity index (χ0v) is 22.8. The predicted octanol–water partition coefficient (Wildman–Crippen LogP) is 7.57. The highest BCUT2D eigenvalue weighted by atomic mass is 16.5. The fourth-order valence-corrected chi connectivity index (χ4v) is 5.82. The SMILES string of the molecule is CC(Cc1ccc(OCCN2CCCCCC2)cc1)Nc1ccccc1C1=Cc2ccc(O)cc2CCC1. The van der Waals surface area contributed by atoms with Crippen LogP contribution in [0.4, 0.5) is 5.69 Å². The lowest BCUT2D eigenvalue weighted by Gasteiger charge is -2.20. The number of phenolic OH excluding ortho intramolecular Hbond substituents is 1. The molecule has 0 amide bonds. The van der Waals surface area contributed by atoms with E-state index in [0.29, 0.717) is 11.8 Å². The minimum Gasteiger partial charge on any atom is -0.508 e. The molecule has 4 heteroatoms. The average Bonchev–Trinajstić information content (AvgIpc) is 3.31. The Morgan fingerprint density at radius 2 is 1.68 bits per heavy atom. The normalized spacial score (nSPS) is 17.0. The van der Waals surface area contributed by atoms with E-state index in [1.54, 1.807) is 6.07 Å². The van der Waals surface area contributed by atoms with E-state index >= 15 is 0 Å². The Bertz CT molecular complexity index is 1210. The van der Waals surface area contributed by atoms with E-state index in [1.165, 1.54) is 72.3 Å². The van der Waals surface area contributed by atoms with Gasteiger partial charge in [-0.3, -0.25) is 4.90 Å². The highest BCUT2D eigenvalue weighted by Gasteiger charge is 2.15. The Hall–Kier alpha value is -3.24. The number of benzene rings is 3. The van der Waals surface area contributed by atoms with Gasteiger partial charge in [-0.25, -0.2) is 0 Å². The number of fused-ring (bicyclic) bond motifs is 1. The highest BCUT2D eigenvalue weighted by molar-refractivity contribution is 5.88. The van der Waals surface area contributed by atoms with Crippen molar-refractivity contribution >= 4 is 17.3 Å². The van der Waals surface area contributed by atoms with Crippen LogP contribution in [0.5, 0.6) is 11.5 Å². The quantitative estimate of drug-likeness (QED) is 0.312. The van der Waals surface area contributed by atoms with Gasteiger partial charge in [-0.1, -0.05) is 55.3 Å². The Balaban J connectivity index is 1.18. The molecular weight excluding hydrogens is 468 g/mol. The summed E-state index contributed by atoms with van der Waals surface area (Å²) in [5, 5.41) is 13.7. The summed E-state index contributed by atoms with van der Waals surface area (Å²) in [4.78, 5) is 2.54. The smallest absolute Gasteiger partial charge is 0.119 e. The lowest BCUT2D eigenvalue weighted by molar-refractivity contribution is 0.214. The molecule has 3 aromatic rings. The van der Waals surface area contributed by atoms with Gasteiger partial charge < -0.3 is 15.2 Å². The third-order valence-corrected chi connectivity index (χ3v) is 7.86. The number of anilines is 1. The molecule has 1 saturated heterocycles. The van der Waals surface area contributed by atoms with Gasteiger partial charge in [-0.2, -0.15) is 0 Å². The van der Waals surface area contributed by atoms with Crippen molar-refractivity contribution in [3.05, 3.63) is 89.0 Å². The van der Waals surface area contributed by atoms with Gasteiger partial charge in [0, 0.05) is 23.8 Å². The molecule has 2 N–H and O–H groups in total. The second-order valence-electron chi connectivity index (χ2n) is 10.9. The number of aromatic hydroxyl groups is 1. The molecule has 2 aliphatic rings. The molecule has 1 unspecified atom stereocenters. The maximum atomic E-state index is 9.90. The molecule has 200 valence electrons.